The van der Waals surface area contributed by atoms with Crippen LogP contribution in [0.4, 0.5) is 0 Å². The van der Waals surface area contributed by atoms with Crippen LogP contribution in [0, 0.1) is 5.92 Å². The van der Waals surface area contributed by atoms with Crippen molar-refractivity contribution < 1.29 is 13.2 Å². The predicted octanol–water partition coefficient (Wildman–Crippen LogP) is 1.43. The topological polar surface area (TPSA) is 66.5 Å². The molecule has 0 saturated carbocycles. The third kappa shape index (κ3) is 3.80. The molecule has 7 heteroatoms. The van der Waals surface area contributed by atoms with Crippen molar-refractivity contribution in [3.63, 3.8) is 0 Å². The summed E-state index contributed by atoms with van der Waals surface area (Å²) in [7, 11) is -3.19. The molecular formula is C13H20N2O3S2. The van der Waals surface area contributed by atoms with Crippen molar-refractivity contribution in [3.05, 3.63) is 22.4 Å². The maximum atomic E-state index is 12.1. The van der Waals surface area contributed by atoms with Gasteiger partial charge in [-0.05, 0) is 31.2 Å². The number of carbonyl (C=O) groups is 1. The van der Waals surface area contributed by atoms with Gasteiger partial charge in [0, 0.05) is 18.0 Å². The van der Waals surface area contributed by atoms with Gasteiger partial charge in [-0.2, -0.15) is 0 Å². The molecule has 0 spiro atoms. The number of nitrogens with zero attached hydrogens (tertiary/aromatic N) is 1. The average Bonchev–Trinajstić information content (AvgIpc) is 2.98. The molecule has 1 aliphatic heterocycles. The zero-order chi connectivity index (χ0) is 14.6. The molecule has 1 fully saturated rings. The fraction of sp³-hybridized carbons (Fsp3) is 0.615. The van der Waals surface area contributed by atoms with E-state index in [0.29, 0.717) is 19.6 Å². The number of carbonyl (C=O) groups excluding carboxylic acids is 1. The van der Waals surface area contributed by atoms with Crippen molar-refractivity contribution in [2.45, 2.75) is 26.3 Å². The summed E-state index contributed by atoms with van der Waals surface area (Å²) in [6, 6.07) is 3.92. The largest absolute Gasteiger partial charge is 0.351 e. The SMILES string of the molecule is CCS(=O)(=O)N1CCC[C@H](C(=O)NCc2cccs2)C1. The van der Waals surface area contributed by atoms with Crippen LogP contribution in [-0.2, 0) is 21.4 Å². The summed E-state index contributed by atoms with van der Waals surface area (Å²) in [4.78, 5) is 13.2. The van der Waals surface area contributed by atoms with Gasteiger partial charge in [0.25, 0.3) is 0 Å². The normalized spacial score (nSPS) is 20.8. The fourth-order valence-electron chi connectivity index (χ4n) is 2.32. The molecule has 1 N–H and O–H groups in total. The minimum absolute atomic E-state index is 0.0468. The molecule has 1 aromatic rings. The van der Waals surface area contributed by atoms with Gasteiger partial charge in [-0.25, -0.2) is 12.7 Å². The monoisotopic (exact) mass is 316 g/mol. The second kappa shape index (κ2) is 6.69. The van der Waals surface area contributed by atoms with Gasteiger partial charge in [-0.1, -0.05) is 6.07 Å². The molecule has 20 heavy (non-hydrogen) atoms. The quantitative estimate of drug-likeness (QED) is 0.893. The van der Waals surface area contributed by atoms with E-state index in [9.17, 15) is 13.2 Å². The first kappa shape index (κ1) is 15.5. The number of sulfonamides is 1. The van der Waals surface area contributed by atoms with E-state index in [-0.39, 0.29) is 17.6 Å². The summed E-state index contributed by atoms with van der Waals surface area (Å²) in [6.07, 6.45) is 1.50. The van der Waals surface area contributed by atoms with Crippen LogP contribution in [0.15, 0.2) is 17.5 Å². The van der Waals surface area contributed by atoms with Gasteiger partial charge in [0.2, 0.25) is 15.9 Å². The fourth-order valence-corrected chi connectivity index (χ4v) is 4.15. The van der Waals surface area contributed by atoms with Crippen LogP contribution in [0.25, 0.3) is 0 Å². The number of rotatable bonds is 5. The molecule has 1 amide bonds. The van der Waals surface area contributed by atoms with Crippen molar-refractivity contribution in [2.24, 2.45) is 5.92 Å². The molecule has 0 aliphatic carbocycles. The highest BCUT2D eigenvalue weighted by atomic mass is 32.2. The van der Waals surface area contributed by atoms with Gasteiger partial charge in [0.05, 0.1) is 18.2 Å². The number of thiophene rings is 1. The van der Waals surface area contributed by atoms with Gasteiger partial charge >= 0.3 is 0 Å². The van der Waals surface area contributed by atoms with Crippen molar-refractivity contribution in [3.8, 4) is 0 Å². The highest BCUT2D eigenvalue weighted by Gasteiger charge is 2.31. The standard InChI is InChI=1S/C13H20N2O3S2/c1-2-20(17,18)15-7-3-5-11(10-15)13(16)14-9-12-6-4-8-19-12/h4,6,8,11H,2-3,5,7,9-10H2,1H3,(H,14,16)/t11-/m0/s1. The summed E-state index contributed by atoms with van der Waals surface area (Å²) >= 11 is 1.60. The van der Waals surface area contributed by atoms with E-state index in [4.69, 9.17) is 0 Å². The summed E-state index contributed by atoms with van der Waals surface area (Å²) in [5.41, 5.74) is 0. The van der Waals surface area contributed by atoms with Crippen LogP contribution in [0.3, 0.4) is 0 Å². The lowest BCUT2D eigenvalue weighted by atomic mass is 9.99. The Morgan fingerprint density at radius 1 is 1.55 bits per heavy atom. The Morgan fingerprint density at radius 2 is 2.35 bits per heavy atom. The van der Waals surface area contributed by atoms with Crippen molar-refractivity contribution in [1.82, 2.24) is 9.62 Å². The summed E-state index contributed by atoms with van der Waals surface area (Å²) < 4.78 is 25.2. The van der Waals surface area contributed by atoms with Crippen LogP contribution >= 0.6 is 11.3 Å². The summed E-state index contributed by atoms with van der Waals surface area (Å²) in [5.74, 6) is -0.185. The maximum Gasteiger partial charge on any atom is 0.224 e. The molecule has 0 aromatic carbocycles. The Kier molecular flexibility index (Phi) is 5.17. The summed E-state index contributed by atoms with van der Waals surface area (Å²) in [6.45, 7) is 3.00. The smallest absolute Gasteiger partial charge is 0.224 e. The molecule has 0 radical (unpaired) electrons. The number of nitrogens with one attached hydrogen (secondary N) is 1. The first-order chi connectivity index (χ1) is 9.53. The van der Waals surface area contributed by atoms with E-state index >= 15 is 0 Å². The highest BCUT2D eigenvalue weighted by Crippen LogP contribution is 2.20. The van der Waals surface area contributed by atoms with Gasteiger partial charge in [-0.15, -0.1) is 11.3 Å². The number of hydrogen-bond acceptors (Lipinski definition) is 4. The van der Waals surface area contributed by atoms with E-state index in [2.05, 4.69) is 5.32 Å². The minimum Gasteiger partial charge on any atom is -0.351 e. The Labute approximate surface area is 124 Å². The molecule has 112 valence electrons. The Hall–Kier alpha value is -0.920. The van der Waals surface area contributed by atoms with Crippen LogP contribution < -0.4 is 5.32 Å². The number of hydrogen-bond donors (Lipinski definition) is 1. The van der Waals surface area contributed by atoms with E-state index in [1.807, 2.05) is 17.5 Å². The van der Waals surface area contributed by atoms with Crippen molar-refractivity contribution in [1.29, 1.82) is 0 Å². The van der Waals surface area contributed by atoms with Gasteiger partial charge < -0.3 is 5.32 Å². The molecule has 0 bridgehead atoms. The van der Waals surface area contributed by atoms with Gasteiger partial charge in [0.15, 0.2) is 0 Å². The Bertz CT molecular complexity index is 540. The number of piperidine rings is 1. The third-order valence-corrected chi connectivity index (χ3v) is 6.25. The minimum atomic E-state index is -3.19. The Morgan fingerprint density at radius 3 is 3.00 bits per heavy atom. The van der Waals surface area contributed by atoms with E-state index in [1.54, 1.807) is 18.3 Å². The zero-order valence-electron chi connectivity index (χ0n) is 11.5. The summed E-state index contributed by atoms with van der Waals surface area (Å²) in [5, 5.41) is 4.86. The third-order valence-electron chi connectivity index (χ3n) is 3.53. The van der Waals surface area contributed by atoms with Crippen molar-refractivity contribution >= 4 is 27.3 Å². The second-order valence-electron chi connectivity index (χ2n) is 4.89. The van der Waals surface area contributed by atoms with E-state index in [0.717, 1.165) is 17.7 Å². The molecule has 1 aromatic heterocycles. The van der Waals surface area contributed by atoms with Crippen molar-refractivity contribution in [2.75, 3.05) is 18.8 Å². The first-order valence-electron chi connectivity index (χ1n) is 6.81. The van der Waals surface area contributed by atoms with Crippen LogP contribution in [0.1, 0.15) is 24.6 Å². The van der Waals surface area contributed by atoms with Gasteiger partial charge in [-0.3, -0.25) is 4.79 Å². The molecule has 0 unspecified atom stereocenters. The lowest BCUT2D eigenvalue weighted by Crippen LogP contribution is -2.45. The highest BCUT2D eigenvalue weighted by molar-refractivity contribution is 7.89. The molecule has 5 nitrogen and oxygen atoms in total. The van der Waals surface area contributed by atoms with Crippen LogP contribution in [-0.4, -0.2) is 37.5 Å². The predicted molar refractivity (Wildman–Crippen MR) is 79.9 cm³/mol. The van der Waals surface area contributed by atoms with Crippen LogP contribution in [0.2, 0.25) is 0 Å². The molecule has 1 atom stereocenters. The van der Waals surface area contributed by atoms with Gasteiger partial charge in [0.1, 0.15) is 0 Å². The molecule has 2 heterocycles. The van der Waals surface area contributed by atoms with Crippen LogP contribution in [0.5, 0.6) is 0 Å². The zero-order valence-corrected chi connectivity index (χ0v) is 13.2. The maximum absolute atomic E-state index is 12.1. The molecule has 2 rings (SSSR count). The first-order valence-corrected chi connectivity index (χ1v) is 9.29. The molecular weight excluding hydrogens is 296 g/mol. The lowest BCUT2D eigenvalue weighted by Gasteiger charge is -2.30. The molecule has 1 aliphatic rings. The van der Waals surface area contributed by atoms with E-state index < -0.39 is 10.0 Å². The average molecular weight is 316 g/mol. The van der Waals surface area contributed by atoms with E-state index in [1.165, 1.54) is 4.31 Å². The Balaban J connectivity index is 1.90. The lowest BCUT2D eigenvalue weighted by molar-refractivity contribution is -0.126. The second-order valence-corrected chi connectivity index (χ2v) is 8.18. The number of amides is 1. The molecule has 1 saturated heterocycles.